The maximum atomic E-state index is 13.0. The molecule has 0 radical (unpaired) electrons. The Morgan fingerprint density at radius 1 is 1.03 bits per heavy atom. The van der Waals surface area contributed by atoms with Crippen LogP contribution in [0.5, 0.6) is 11.5 Å². The van der Waals surface area contributed by atoms with Crippen LogP contribution < -0.4 is 25.5 Å². The molecule has 2 N–H and O–H groups in total. The molecular weight excluding hydrogens is 438 g/mol. The number of hydrogen-bond acceptors (Lipinski definition) is 6. The Balaban J connectivity index is 1.90. The van der Waals surface area contributed by atoms with Crippen LogP contribution in [0.1, 0.15) is 37.8 Å². The molecule has 0 atom stereocenters. The Morgan fingerprint density at radius 3 is 2.18 bits per heavy atom. The number of amides is 2. The minimum absolute atomic E-state index is 0.121. The summed E-state index contributed by atoms with van der Waals surface area (Å²) in [6.07, 6.45) is 4.31. The normalized spacial score (nSPS) is 10.4. The lowest BCUT2D eigenvalue weighted by Crippen LogP contribution is -2.35. The van der Waals surface area contributed by atoms with E-state index in [1.165, 1.54) is 32.7 Å². The van der Waals surface area contributed by atoms with Crippen LogP contribution in [-0.4, -0.2) is 37.1 Å². The second-order valence-corrected chi connectivity index (χ2v) is 7.50. The molecule has 9 nitrogen and oxygen atoms in total. The van der Waals surface area contributed by atoms with Crippen molar-refractivity contribution in [2.75, 3.05) is 20.8 Å². The first-order valence-electron chi connectivity index (χ1n) is 10.5. The highest BCUT2D eigenvalue weighted by Crippen LogP contribution is 2.22. The third-order valence-corrected chi connectivity index (χ3v) is 4.97. The molecule has 9 heteroatoms. The summed E-state index contributed by atoms with van der Waals surface area (Å²) in [5.41, 5.74) is -0.268. The second-order valence-electron chi connectivity index (χ2n) is 7.50. The molecule has 0 saturated heterocycles. The molecular formula is C25H27N3O6. The molecule has 3 rings (SSSR count). The maximum absolute atomic E-state index is 13.0. The van der Waals surface area contributed by atoms with E-state index in [-0.39, 0.29) is 30.8 Å². The zero-order chi connectivity index (χ0) is 24.7. The number of methoxy groups -OCH3 is 2. The van der Waals surface area contributed by atoms with Crippen molar-refractivity contribution in [1.82, 2.24) is 15.2 Å². The van der Waals surface area contributed by atoms with Crippen molar-refractivity contribution in [2.24, 2.45) is 0 Å². The van der Waals surface area contributed by atoms with Crippen LogP contribution in [0, 0.1) is 6.92 Å². The van der Waals surface area contributed by atoms with E-state index in [0.29, 0.717) is 17.3 Å². The second kappa shape index (κ2) is 11.0. The number of hydrogen-bond donors (Lipinski definition) is 2. The summed E-state index contributed by atoms with van der Waals surface area (Å²) in [6.45, 7) is 5.92. The summed E-state index contributed by atoms with van der Waals surface area (Å²) in [7, 11) is 3.06. The lowest BCUT2D eigenvalue weighted by atomic mass is 10.1. The number of nitrogens with one attached hydrogen (secondary N) is 2. The maximum Gasteiger partial charge on any atom is 0.257 e. The van der Waals surface area contributed by atoms with Crippen LogP contribution in [0.2, 0.25) is 0 Å². The quantitative estimate of drug-likeness (QED) is 0.445. The fourth-order valence-electron chi connectivity index (χ4n) is 3.30. The number of pyridine rings is 1. The van der Waals surface area contributed by atoms with Crippen molar-refractivity contribution in [2.45, 2.75) is 20.0 Å². The molecule has 3 aromatic rings. The lowest BCUT2D eigenvalue weighted by molar-refractivity contribution is 0.0948. The molecule has 0 aliphatic rings. The number of carbonyl (C=O) groups excluding carboxylic acids is 2. The van der Waals surface area contributed by atoms with Crippen LogP contribution in [0.15, 0.2) is 64.6 Å². The standard InChI is InChI=1S/C25H27N3O6/c1-5-8-26-24(30)21-14-28(13-18-7-6-16(2)34-18)15-22(23(21)29)25(31)27-12-17-9-19(32-3)11-20(10-17)33-4/h5-7,9-11,14-15H,1,8,12-13H2,2-4H3,(H,26,30)(H,27,31). The molecule has 2 amide bonds. The Labute approximate surface area is 197 Å². The molecule has 0 saturated carbocycles. The number of furan rings is 1. The van der Waals surface area contributed by atoms with Crippen molar-refractivity contribution < 1.29 is 23.5 Å². The van der Waals surface area contributed by atoms with Crippen molar-refractivity contribution >= 4 is 11.8 Å². The molecule has 0 unspecified atom stereocenters. The van der Waals surface area contributed by atoms with E-state index in [2.05, 4.69) is 17.2 Å². The first-order valence-corrected chi connectivity index (χ1v) is 10.5. The Bertz CT molecular complexity index is 1240. The highest BCUT2D eigenvalue weighted by molar-refractivity contribution is 5.99. The topological polar surface area (TPSA) is 112 Å². The van der Waals surface area contributed by atoms with E-state index in [1.807, 2.05) is 13.0 Å². The molecule has 2 aromatic heterocycles. The molecule has 178 valence electrons. The first-order chi connectivity index (χ1) is 16.3. The number of aryl methyl sites for hydroxylation is 1. The number of aromatic nitrogens is 1. The predicted octanol–water partition coefficient (Wildman–Crippen LogP) is 2.66. The summed E-state index contributed by atoms with van der Waals surface area (Å²) < 4.78 is 17.7. The van der Waals surface area contributed by atoms with Crippen LogP contribution in [0.3, 0.4) is 0 Å². The third-order valence-electron chi connectivity index (χ3n) is 4.97. The monoisotopic (exact) mass is 465 g/mol. The van der Waals surface area contributed by atoms with Gasteiger partial charge in [0, 0.05) is 31.5 Å². The lowest BCUT2D eigenvalue weighted by Gasteiger charge is -2.12. The van der Waals surface area contributed by atoms with E-state index < -0.39 is 17.2 Å². The molecule has 0 fully saturated rings. The van der Waals surface area contributed by atoms with Crippen molar-refractivity contribution in [3.05, 3.63) is 93.8 Å². The van der Waals surface area contributed by atoms with E-state index in [4.69, 9.17) is 13.9 Å². The van der Waals surface area contributed by atoms with E-state index in [9.17, 15) is 14.4 Å². The minimum Gasteiger partial charge on any atom is -0.497 e. The average Bonchev–Trinajstić information content (AvgIpc) is 3.25. The highest BCUT2D eigenvalue weighted by atomic mass is 16.5. The Morgan fingerprint density at radius 2 is 1.65 bits per heavy atom. The molecule has 0 bridgehead atoms. The van der Waals surface area contributed by atoms with E-state index in [0.717, 1.165) is 11.3 Å². The van der Waals surface area contributed by atoms with Gasteiger partial charge in [-0.1, -0.05) is 6.08 Å². The third kappa shape index (κ3) is 5.94. The summed E-state index contributed by atoms with van der Waals surface area (Å²) in [5, 5.41) is 5.31. The smallest absolute Gasteiger partial charge is 0.257 e. The van der Waals surface area contributed by atoms with Crippen molar-refractivity contribution in [3.63, 3.8) is 0 Å². The minimum atomic E-state index is -0.672. The first kappa shape index (κ1) is 24.4. The van der Waals surface area contributed by atoms with Gasteiger partial charge in [-0.05, 0) is 36.8 Å². The Kier molecular flexibility index (Phi) is 7.92. The van der Waals surface area contributed by atoms with Gasteiger partial charge < -0.3 is 29.1 Å². The average molecular weight is 466 g/mol. The van der Waals surface area contributed by atoms with Gasteiger partial charge in [0.1, 0.15) is 34.1 Å². The van der Waals surface area contributed by atoms with Gasteiger partial charge in [-0.3, -0.25) is 14.4 Å². The van der Waals surface area contributed by atoms with Crippen LogP contribution in [-0.2, 0) is 13.1 Å². The van der Waals surface area contributed by atoms with Gasteiger partial charge in [-0.2, -0.15) is 0 Å². The highest BCUT2D eigenvalue weighted by Gasteiger charge is 2.19. The summed E-state index contributed by atoms with van der Waals surface area (Å²) in [5.74, 6) is 1.28. The Hall–Kier alpha value is -4.27. The predicted molar refractivity (Wildman–Crippen MR) is 126 cm³/mol. The van der Waals surface area contributed by atoms with Gasteiger partial charge in [0.15, 0.2) is 0 Å². The van der Waals surface area contributed by atoms with Gasteiger partial charge in [0.05, 0.1) is 20.8 Å². The number of carbonyl (C=O) groups is 2. The zero-order valence-electron chi connectivity index (χ0n) is 19.3. The van der Waals surface area contributed by atoms with Crippen molar-refractivity contribution in [1.29, 1.82) is 0 Å². The SMILES string of the molecule is C=CCNC(=O)c1cn(Cc2ccc(C)o2)cc(C(=O)NCc2cc(OC)cc(OC)c2)c1=O. The fourth-order valence-corrected chi connectivity index (χ4v) is 3.30. The van der Waals surface area contributed by atoms with Gasteiger partial charge in [0.2, 0.25) is 5.43 Å². The summed E-state index contributed by atoms with van der Waals surface area (Å²) in [4.78, 5) is 38.6. The summed E-state index contributed by atoms with van der Waals surface area (Å²) in [6, 6.07) is 8.82. The van der Waals surface area contributed by atoms with Crippen LogP contribution >= 0.6 is 0 Å². The summed E-state index contributed by atoms with van der Waals surface area (Å²) >= 11 is 0. The number of benzene rings is 1. The molecule has 2 heterocycles. The van der Waals surface area contributed by atoms with Crippen molar-refractivity contribution in [3.8, 4) is 11.5 Å². The molecule has 0 aliphatic heterocycles. The molecule has 0 aliphatic carbocycles. The van der Waals surface area contributed by atoms with Gasteiger partial charge in [-0.15, -0.1) is 6.58 Å². The van der Waals surface area contributed by atoms with E-state index in [1.54, 1.807) is 28.8 Å². The number of nitrogens with zero attached hydrogens (tertiary/aromatic N) is 1. The molecule has 34 heavy (non-hydrogen) atoms. The van der Waals surface area contributed by atoms with Gasteiger partial charge in [0.25, 0.3) is 11.8 Å². The van der Waals surface area contributed by atoms with Crippen LogP contribution in [0.4, 0.5) is 0 Å². The largest absolute Gasteiger partial charge is 0.497 e. The van der Waals surface area contributed by atoms with Gasteiger partial charge in [-0.25, -0.2) is 0 Å². The van der Waals surface area contributed by atoms with Gasteiger partial charge >= 0.3 is 0 Å². The number of ether oxygens (including phenoxy) is 2. The fraction of sp³-hybridized carbons (Fsp3) is 0.240. The van der Waals surface area contributed by atoms with E-state index >= 15 is 0 Å². The molecule has 0 spiro atoms. The molecule has 1 aromatic carbocycles. The van der Waals surface area contributed by atoms with Crippen LogP contribution in [0.25, 0.3) is 0 Å². The number of rotatable bonds is 10. The zero-order valence-corrected chi connectivity index (χ0v) is 19.3.